The van der Waals surface area contributed by atoms with Crippen molar-refractivity contribution < 1.29 is 13.7 Å². The van der Waals surface area contributed by atoms with Crippen LogP contribution in [0.5, 0.6) is 0 Å². The van der Waals surface area contributed by atoms with Gasteiger partial charge in [-0.2, -0.15) is 4.98 Å². The number of carbonyl (C=O) groups excluding carboxylic acids is 1. The van der Waals surface area contributed by atoms with Crippen molar-refractivity contribution in [2.45, 2.75) is 37.8 Å². The van der Waals surface area contributed by atoms with Crippen LogP contribution in [0.15, 0.2) is 70.3 Å². The van der Waals surface area contributed by atoms with Gasteiger partial charge in [0, 0.05) is 54.3 Å². The first-order chi connectivity index (χ1) is 16.8. The Labute approximate surface area is 196 Å². The van der Waals surface area contributed by atoms with E-state index in [2.05, 4.69) is 29.9 Å². The molecule has 2 fully saturated rings. The summed E-state index contributed by atoms with van der Waals surface area (Å²) < 4.78 is 10.9. The molecular weight excluding hydrogens is 432 g/mol. The molecule has 0 atom stereocenters. The topological polar surface area (TPSA) is 101 Å². The number of rotatable bonds is 6. The van der Waals surface area contributed by atoms with E-state index in [0.29, 0.717) is 29.2 Å². The summed E-state index contributed by atoms with van der Waals surface area (Å²) in [5.41, 5.74) is 2.44. The predicted molar refractivity (Wildman–Crippen MR) is 124 cm³/mol. The van der Waals surface area contributed by atoms with Gasteiger partial charge < -0.3 is 18.7 Å². The first-order valence-electron chi connectivity index (χ1n) is 11.6. The second-order valence-corrected chi connectivity index (χ2v) is 8.75. The Morgan fingerprint density at radius 3 is 2.41 bits per heavy atom. The Morgan fingerprint density at radius 1 is 0.941 bits per heavy atom. The van der Waals surface area contributed by atoms with E-state index in [9.17, 15) is 4.79 Å². The number of aromatic nitrogens is 4. The lowest BCUT2D eigenvalue weighted by molar-refractivity contribution is 0.0629. The van der Waals surface area contributed by atoms with Crippen molar-refractivity contribution in [2.24, 2.45) is 0 Å². The van der Waals surface area contributed by atoms with Crippen LogP contribution in [0.3, 0.4) is 0 Å². The van der Waals surface area contributed by atoms with Crippen molar-refractivity contribution in [3.05, 3.63) is 66.9 Å². The average molecular weight is 457 g/mol. The third kappa shape index (κ3) is 4.05. The first-order valence-corrected chi connectivity index (χ1v) is 11.6. The molecule has 1 aliphatic carbocycles. The number of benzene rings is 1. The maximum atomic E-state index is 13.5. The monoisotopic (exact) mass is 456 g/mol. The molecule has 0 unspecified atom stereocenters. The summed E-state index contributed by atoms with van der Waals surface area (Å²) in [6.07, 6.45) is 10.4. The van der Waals surface area contributed by atoms with Gasteiger partial charge in [0.15, 0.2) is 12.2 Å². The average Bonchev–Trinajstić information content (AvgIpc) is 3.35. The number of oxazole rings is 1. The van der Waals surface area contributed by atoms with Crippen LogP contribution >= 0.6 is 0 Å². The number of hydrogen-bond donors (Lipinski definition) is 0. The molecule has 0 bridgehead atoms. The summed E-state index contributed by atoms with van der Waals surface area (Å²) in [5.74, 6) is 1.33. The zero-order chi connectivity index (χ0) is 22.9. The van der Waals surface area contributed by atoms with E-state index in [0.717, 1.165) is 49.9 Å². The zero-order valence-corrected chi connectivity index (χ0v) is 18.6. The molecule has 1 aromatic carbocycles. The van der Waals surface area contributed by atoms with Gasteiger partial charge in [-0.05, 0) is 49.9 Å². The number of carbonyl (C=O) groups is 1. The minimum atomic E-state index is 0.0988. The highest BCUT2D eigenvalue weighted by Crippen LogP contribution is 2.34. The molecule has 1 aliphatic heterocycles. The van der Waals surface area contributed by atoms with E-state index in [1.807, 2.05) is 36.4 Å². The van der Waals surface area contributed by atoms with Crippen molar-refractivity contribution in [1.29, 1.82) is 0 Å². The Kier molecular flexibility index (Phi) is 5.29. The van der Waals surface area contributed by atoms with E-state index < -0.39 is 0 Å². The normalized spacial score (nSPS) is 16.5. The maximum absolute atomic E-state index is 13.5. The molecule has 3 aromatic heterocycles. The Hall–Kier alpha value is -4.01. The predicted octanol–water partition coefficient (Wildman–Crippen LogP) is 4.06. The molecule has 0 N–H and O–H groups in total. The molecule has 9 nitrogen and oxygen atoms in total. The van der Waals surface area contributed by atoms with Gasteiger partial charge in [-0.3, -0.25) is 9.78 Å². The zero-order valence-electron chi connectivity index (χ0n) is 18.6. The van der Waals surface area contributed by atoms with Gasteiger partial charge in [-0.1, -0.05) is 17.3 Å². The van der Waals surface area contributed by atoms with Crippen molar-refractivity contribution in [2.75, 3.05) is 18.0 Å². The van der Waals surface area contributed by atoms with Gasteiger partial charge in [0.2, 0.25) is 5.82 Å². The molecule has 4 aromatic rings. The Morgan fingerprint density at radius 2 is 1.74 bits per heavy atom. The highest BCUT2D eigenvalue weighted by Gasteiger charge is 2.39. The van der Waals surface area contributed by atoms with Gasteiger partial charge >= 0.3 is 6.01 Å². The fraction of sp³-hybridized carbons (Fsp3) is 0.320. The van der Waals surface area contributed by atoms with Crippen molar-refractivity contribution in [3.63, 3.8) is 0 Å². The molecule has 6 rings (SSSR count). The van der Waals surface area contributed by atoms with E-state index in [4.69, 9.17) is 8.94 Å². The first kappa shape index (κ1) is 20.6. The summed E-state index contributed by atoms with van der Waals surface area (Å²) in [5, 5.41) is 4.10. The smallest absolute Gasteiger partial charge is 0.324 e. The van der Waals surface area contributed by atoms with Gasteiger partial charge in [-0.15, -0.1) is 0 Å². The third-order valence-corrected chi connectivity index (χ3v) is 6.49. The van der Waals surface area contributed by atoms with Crippen LogP contribution in [0.1, 0.15) is 36.0 Å². The summed E-state index contributed by atoms with van der Waals surface area (Å²) in [6, 6.07) is 12.4. The van der Waals surface area contributed by atoms with Crippen LogP contribution in [-0.2, 0) is 0 Å². The summed E-state index contributed by atoms with van der Waals surface area (Å²) in [6.45, 7) is 1.53. The quantitative estimate of drug-likeness (QED) is 0.428. The maximum Gasteiger partial charge on any atom is 0.324 e. The minimum absolute atomic E-state index is 0.0988. The Balaban J connectivity index is 1.13. The largest absolute Gasteiger partial charge is 0.444 e. The number of amides is 1. The molecule has 34 heavy (non-hydrogen) atoms. The molecule has 0 spiro atoms. The standard InChI is InChI=1S/C25H24N6O3/c32-24(18-5-3-17(4-6-18)22-15-27-16-33-22)31(20-7-8-20)21-9-12-30(13-10-21)25-28-23(29-34-25)19-2-1-11-26-14-19/h1-6,11,14-16,20-21H,7-10,12-13H2. The molecule has 0 radical (unpaired) electrons. The number of pyridine rings is 1. The van der Waals surface area contributed by atoms with Gasteiger partial charge in [-0.25, -0.2) is 4.98 Å². The molecule has 9 heteroatoms. The summed E-state index contributed by atoms with van der Waals surface area (Å²) >= 11 is 0. The summed E-state index contributed by atoms with van der Waals surface area (Å²) in [4.78, 5) is 30.3. The van der Waals surface area contributed by atoms with Crippen LogP contribution in [0.4, 0.5) is 6.01 Å². The van der Waals surface area contributed by atoms with E-state index in [-0.39, 0.29) is 11.9 Å². The second-order valence-electron chi connectivity index (χ2n) is 8.75. The van der Waals surface area contributed by atoms with Gasteiger partial charge in [0.25, 0.3) is 5.91 Å². The van der Waals surface area contributed by atoms with Crippen molar-refractivity contribution >= 4 is 11.9 Å². The van der Waals surface area contributed by atoms with Crippen LogP contribution in [0.2, 0.25) is 0 Å². The third-order valence-electron chi connectivity index (χ3n) is 6.49. The highest BCUT2D eigenvalue weighted by atomic mass is 16.5. The van der Waals surface area contributed by atoms with E-state index in [1.165, 1.54) is 6.39 Å². The molecular formula is C25H24N6O3. The lowest BCUT2D eigenvalue weighted by atomic mass is 10.0. The number of piperidine rings is 1. The molecule has 1 saturated heterocycles. The SMILES string of the molecule is O=C(c1ccc(-c2cnco2)cc1)N(C1CC1)C1CCN(c2nc(-c3cccnc3)no2)CC1. The van der Waals surface area contributed by atoms with E-state index >= 15 is 0 Å². The van der Waals surface area contributed by atoms with Crippen LogP contribution < -0.4 is 4.90 Å². The van der Waals surface area contributed by atoms with Crippen molar-refractivity contribution in [1.82, 2.24) is 25.0 Å². The lowest BCUT2D eigenvalue weighted by Gasteiger charge is -2.38. The molecule has 1 saturated carbocycles. The summed E-state index contributed by atoms with van der Waals surface area (Å²) in [7, 11) is 0. The molecule has 4 heterocycles. The molecule has 172 valence electrons. The number of nitrogens with zero attached hydrogens (tertiary/aromatic N) is 6. The van der Waals surface area contributed by atoms with Crippen LogP contribution in [0, 0.1) is 0 Å². The highest BCUT2D eigenvalue weighted by molar-refractivity contribution is 5.95. The molecule has 2 aliphatic rings. The molecule has 1 amide bonds. The Bertz CT molecular complexity index is 1240. The van der Waals surface area contributed by atoms with Gasteiger partial charge in [0.05, 0.1) is 6.20 Å². The van der Waals surface area contributed by atoms with Crippen molar-refractivity contribution in [3.8, 4) is 22.7 Å². The second kappa shape index (κ2) is 8.74. The van der Waals surface area contributed by atoms with Crippen LogP contribution in [-0.4, -0.2) is 56.1 Å². The van der Waals surface area contributed by atoms with Gasteiger partial charge in [0.1, 0.15) is 0 Å². The fourth-order valence-corrected chi connectivity index (χ4v) is 4.56. The number of hydrogen-bond acceptors (Lipinski definition) is 8. The van der Waals surface area contributed by atoms with E-state index in [1.54, 1.807) is 18.6 Å². The van der Waals surface area contributed by atoms with Crippen LogP contribution in [0.25, 0.3) is 22.7 Å². The lowest BCUT2D eigenvalue weighted by Crippen LogP contribution is -2.48. The number of anilines is 1. The minimum Gasteiger partial charge on any atom is -0.444 e. The fourth-order valence-electron chi connectivity index (χ4n) is 4.56.